The molecule has 1 fully saturated rings. The molecule has 2 heterocycles. The summed E-state index contributed by atoms with van der Waals surface area (Å²) in [5.41, 5.74) is 1.56. The summed E-state index contributed by atoms with van der Waals surface area (Å²) in [7, 11) is 3.23. The Morgan fingerprint density at radius 3 is 2.70 bits per heavy atom. The molecule has 1 N–H and O–H groups in total. The first kappa shape index (κ1) is 19.8. The molecule has 0 aliphatic carbocycles. The quantitative estimate of drug-likeness (QED) is 0.666. The Balaban J connectivity index is 1.42. The van der Waals surface area contributed by atoms with Gasteiger partial charge in [0.2, 0.25) is 11.7 Å². The minimum absolute atomic E-state index is 0.0251. The highest BCUT2D eigenvalue weighted by atomic mass is 16.5. The van der Waals surface area contributed by atoms with Crippen molar-refractivity contribution in [3.05, 3.63) is 48.5 Å². The van der Waals surface area contributed by atoms with Crippen molar-refractivity contribution in [1.82, 2.24) is 10.1 Å². The van der Waals surface area contributed by atoms with Crippen LogP contribution >= 0.6 is 0 Å². The zero-order chi connectivity index (χ0) is 20.9. The second-order valence-corrected chi connectivity index (χ2v) is 7.14. The van der Waals surface area contributed by atoms with Gasteiger partial charge in [-0.15, -0.1) is 0 Å². The number of anilines is 2. The van der Waals surface area contributed by atoms with E-state index >= 15 is 0 Å². The van der Waals surface area contributed by atoms with Crippen molar-refractivity contribution in [2.24, 2.45) is 5.92 Å². The van der Waals surface area contributed by atoms with Gasteiger partial charge in [0.25, 0.3) is 0 Å². The van der Waals surface area contributed by atoms with Crippen LogP contribution in [0, 0.1) is 5.92 Å². The molecule has 30 heavy (non-hydrogen) atoms. The average Bonchev–Trinajstić information content (AvgIpc) is 3.30. The molecule has 0 saturated carbocycles. The highest BCUT2D eigenvalue weighted by molar-refractivity contribution is 5.93. The van der Waals surface area contributed by atoms with Gasteiger partial charge in [0, 0.05) is 30.4 Å². The summed E-state index contributed by atoms with van der Waals surface area (Å²) in [5.74, 6) is 1.79. The van der Waals surface area contributed by atoms with E-state index in [2.05, 4.69) is 15.5 Å². The number of carbonyl (C=O) groups is 1. The van der Waals surface area contributed by atoms with E-state index in [4.69, 9.17) is 14.0 Å². The fourth-order valence-corrected chi connectivity index (χ4v) is 3.51. The molecule has 1 aliphatic heterocycles. The number of nitrogens with one attached hydrogen (secondary N) is 1. The summed E-state index contributed by atoms with van der Waals surface area (Å²) in [6.07, 6.45) is 1.68. The molecule has 1 aromatic heterocycles. The fourth-order valence-electron chi connectivity index (χ4n) is 3.51. The topological polar surface area (TPSA) is 89.7 Å². The van der Waals surface area contributed by atoms with Crippen molar-refractivity contribution in [3.8, 4) is 22.9 Å². The largest absolute Gasteiger partial charge is 0.497 e. The number of piperidine rings is 1. The van der Waals surface area contributed by atoms with Gasteiger partial charge in [-0.3, -0.25) is 4.79 Å². The van der Waals surface area contributed by atoms with Crippen molar-refractivity contribution in [2.75, 3.05) is 37.5 Å². The van der Waals surface area contributed by atoms with Crippen LogP contribution in [0.3, 0.4) is 0 Å². The lowest BCUT2D eigenvalue weighted by Gasteiger charge is -2.30. The first-order valence-corrected chi connectivity index (χ1v) is 9.84. The zero-order valence-electron chi connectivity index (χ0n) is 17.0. The number of rotatable bonds is 6. The van der Waals surface area contributed by atoms with Gasteiger partial charge >= 0.3 is 6.01 Å². The fraction of sp³-hybridized carbons (Fsp3) is 0.318. The molecule has 1 amide bonds. The van der Waals surface area contributed by atoms with Crippen LogP contribution < -0.4 is 19.7 Å². The Bertz CT molecular complexity index is 1000. The van der Waals surface area contributed by atoms with Gasteiger partial charge in [0.1, 0.15) is 11.5 Å². The molecule has 156 valence electrons. The highest BCUT2D eigenvalue weighted by Crippen LogP contribution is 2.27. The summed E-state index contributed by atoms with van der Waals surface area (Å²) in [4.78, 5) is 19.3. The number of aromatic nitrogens is 2. The van der Waals surface area contributed by atoms with E-state index in [1.165, 1.54) is 0 Å². The Hall–Kier alpha value is -3.55. The van der Waals surface area contributed by atoms with Gasteiger partial charge in [-0.25, -0.2) is 0 Å². The van der Waals surface area contributed by atoms with Gasteiger partial charge in [0.15, 0.2) is 0 Å². The Labute approximate surface area is 174 Å². The Kier molecular flexibility index (Phi) is 5.83. The van der Waals surface area contributed by atoms with E-state index in [1.807, 2.05) is 47.4 Å². The van der Waals surface area contributed by atoms with E-state index in [0.717, 1.165) is 36.4 Å². The molecule has 0 spiro atoms. The molecule has 0 radical (unpaired) electrons. The third-order valence-corrected chi connectivity index (χ3v) is 5.16. The average molecular weight is 408 g/mol. The van der Waals surface area contributed by atoms with Crippen LogP contribution in [0.4, 0.5) is 11.7 Å². The molecule has 1 atom stereocenters. The lowest BCUT2D eigenvalue weighted by Crippen LogP contribution is -2.41. The maximum atomic E-state index is 12.8. The van der Waals surface area contributed by atoms with Gasteiger partial charge < -0.3 is 24.2 Å². The lowest BCUT2D eigenvalue weighted by atomic mass is 9.97. The molecule has 3 aromatic rings. The van der Waals surface area contributed by atoms with Crippen LogP contribution in [-0.4, -0.2) is 43.4 Å². The molecule has 1 saturated heterocycles. The van der Waals surface area contributed by atoms with Crippen molar-refractivity contribution in [1.29, 1.82) is 0 Å². The molecule has 2 aromatic carbocycles. The summed E-state index contributed by atoms with van der Waals surface area (Å²) in [6.45, 7) is 1.30. The molecule has 1 aliphatic rings. The monoisotopic (exact) mass is 408 g/mol. The Morgan fingerprint density at radius 1 is 1.13 bits per heavy atom. The predicted octanol–water partition coefficient (Wildman–Crippen LogP) is 3.61. The van der Waals surface area contributed by atoms with Gasteiger partial charge in [0.05, 0.1) is 20.1 Å². The zero-order valence-corrected chi connectivity index (χ0v) is 17.0. The van der Waals surface area contributed by atoms with Crippen molar-refractivity contribution in [3.63, 3.8) is 0 Å². The van der Waals surface area contributed by atoms with Crippen LogP contribution in [0.25, 0.3) is 11.4 Å². The molecular formula is C22H24N4O4. The first-order chi connectivity index (χ1) is 14.7. The normalized spacial score (nSPS) is 16.2. The number of hydrogen-bond donors (Lipinski definition) is 1. The number of nitrogens with zero attached hydrogens (tertiary/aromatic N) is 3. The number of methoxy groups -OCH3 is 2. The van der Waals surface area contributed by atoms with E-state index in [0.29, 0.717) is 24.1 Å². The number of hydrogen-bond acceptors (Lipinski definition) is 7. The minimum Gasteiger partial charge on any atom is -0.497 e. The second kappa shape index (κ2) is 8.86. The van der Waals surface area contributed by atoms with Crippen molar-refractivity contribution in [2.45, 2.75) is 12.8 Å². The SMILES string of the molecule is COc1ccc(-c2noc(N3CCC[C@@H](C(=O)Nc4cccc(OC)c4)C3)n2)cc1. The van der Waals surface area contributed by atoms with Crippen LogP contribution in [-0.2, 0) is 4.79 Å². The maximum absolute atomic E-state index is 12.8. The molecule has 8 heteroatoms. The van der Waals surface area contributed by atoms with Crippen LogP contribution in [0.15, 0.2) is 53.1 Å². The van der Waals surface area contributed by atoms with Crippen LogP contribution in [0.2, 0.25) is 0 Å². The van der Waals surface area contributed by atoms with E-state index in [-0.39, 0.29) is 11.8 Å². The Morgan fingerprint density at radius 2 is 1.93 bits per heavy atom. The molecule has 8 nitrogen and oxygen atoms in total. The van der Waals surface area contributed by atoms with Crippen molar-refractivity contribution >= 4 is 17.6 Å². The highest BCUT2D eigenvalue weighted by Gasteiger charge is 2.28. The maximum Gasteiger partial charge on any atom is 0.324 e. The summed E-state index contributed by atoms with van der Waals surface area (Å²) < 4.78 is 15.9. The molecular weight excluding hydrogens is 384 g/mol. The first-order valence-electron chi connectivity index (χ1n) is 9.84. The number of ether oxygens (including phenoxy) is 2. The number of amides is 1. The van der Waals surface area contributed by atoms with Crippen LogP contribution in [0.1, 0.15) is 12.8 Å². The van der Waals surface area contributed by atoms with Crippen molar-refractivity contribution < 1.29 is 18.8 Å². The molecule has 0 bridgehead atoms. The lowest BCUT2D eigenvalue weighted by molar-refractivity contribution is -0.120. The predicted molar refractivity (Wildman–Crippen MR) is 113 cm³/mol. The summed E-state index contributed by atoms with van der Waals surface area (Å²) >= 11 is 0. The number of carbonyl (C=O) groups excluding carboxylic acids is 1. The molecule has 0 unspecified atom stereocenters. The third kappa shape index (κ3) is 4.37. The van der Waals surface area contributed by atoms with Gasteiger partial charge in [-0.1, -0.05) is 11.2 Å². The van der Waals surface area contributed by atoms with E-state index < -0.39 is 0 Å². The second-order valence-electron chi connectivity index (χ2n) is 7.14. The molecule has 4 rings (SSSR count). The van der Waals surface area contributed by atoms with Crippen LogP contribution in [0.5, 0.6) is 11.5 Å². The third-order valence-electron chi connectivity index (χ3n) is 5.16. The smallest absolute Gasteiger partial charge is 0.324 e. The standard InChI is InChI=1S/C22H24N4O4/c1-28-18-10-8-15(9-11-18)20-24-22(30-25-20)26-12-4-5-16(14-26)21(27)23-17-6-3-7-19(13-17)29-2/h3,6-11,13,16H,4-5,12,14H2,1-2H3,(H,23,27)/t16-/m1/s1. The van der Waals surface area contributed by atoms with E-state index in [9.17, 15) is 4.79 Å². The summed E-state index contributed by atoms with van der Waals surface area (Å²) in [6, 6.07) is 15.2. The van der Waals surface area contributed by atoms with E-state index in [1.54, 1.807) is 20.3 Å². The minimum atomic E-state index is -0.165. The van der Waals surface area contributed by atoms with Gasteiger partial charge in [-0.05, 0) is 49.2 Å². The number of benzene rings is 2. The van der Waals surface area contributed by atoms with Gasteiger partial charge in [-0.2, -0.15) is 4.98 Å². The summed E-state index contributed by atoms with van der Waals surface area (Å²) in [5, 5.41) is 7.07.